The van der Waals surface area contributed by atoms with Crippen LogP contribution in [-0.4, -0.2) is 37.5 Å². The number of methoxy groups -OCH3 is 3. The van der Waals surface area contributed by atoms with Crippen molar-refractivity contribution in [3.8, 4) is 0 Å². The van der Waals surface area contributed by atoms with Crippen molar-refractivity contribution in [2.45, 2.75) is 18.4 Å². The fourth-order valence-electron chi connectivity index (χ4n) is 0.862. The molecule has 0 rings (SSSR count). The van der Waals surface area contributed by atoms with Gasteiger partial charge in [0.05, 0.1) is 0 Å². The van der Waals surface area contributed by atoms with Gasteiger partial charge in [-0.1, -0.05) is 6.04 Å². The summed E-state index contributed by atoms with van der Waals surface area (Å²) in [4.78, 5) is 0. The van der Waals surface area contributed by atoms with E-state index in [0.29, 0.717) is 0 Å². The average Bonchev–Trinajstić information content (AvgIpc) is 2.01. The number of ether oxygens (including phenoxy) is 3. The Bertz CT molecular complexity index is 74.8. The summed E-state index contributed by atoms with van der Waals surface area (Å²) in [6.45, 7) is 0. The van der Waals surface area contributed by atoms with Gasteiger partial charge in [0.2, 0.25) is 0 Å². The van der Waals surface area contributed by atoms with Crippen LogP contribution in [0.3, 0.4) is 0 Å². The lowest BCUT2D eigenvalue weighted by molar-refractivity contribution is -0.352. The lowest BCUT2D eigenvalue weighted by Crippen LogP contribution is -2.35. The van der Waals surface area contributed by atoms with Crippen LogP contribution in [0.5, 0.6) is 0 Å². The highest BCUT2D eigenvalue weighted by Crippen LogP contribution is 2.17. The molecule has 0 aromatic carbocycles. The second-order valence-electron chi connectivity index (χ2n) is 2.05. The second-order valence-corrected chi connectivity index (χ2v) is 3.05. The minimum absolute atomic E-state index is 0.790. The summed E-state index contributed by atoms with van der Waals surface area (Å²) in [6.07, 6.45) is 0.808. The molecule has 0 amide bonds. The molecule has 0 saturated carbocycles. The Morgan fingerprint density at radius 2 is 1.50 bits per heavy atom. The molecule has 0 aromatic heterocycles. The van der Waals surface area contributed by atoms with Gasteiger partial charge in [0.15, 0.2) is 0 Å². The van der Waals surface area contributed by atoms with E-state index < -0.39 is 5.97 Å². The molecule has 0 spiro atoms. The minimum Gasteiger partial charge on any atom is -0.331 e. The highest BCUT2D eigenvalue weighted by atomic mass is 28.1. The van der Waals surface area contributed by atoms with E-state index in [0.717, 1.165) is 22.7 Å². The van der Waals surface area contributed by atoms with E-state index in [2.05, 4.69) is 0 Å². The third-order valence-corrected chi connectivity index (χ3v) is 1.99. The van der Waals surface area contributed by atoms with Crippen molar-refractivity contribution >= 4 is 10.2 Å². The van der Waals surface area contributed by atoms with Crippen LogP contribution in [0, 0.1) is 0 Å². The number of hydrogen-bond donors (Lipinski definition) is 0. The summed E-state index contributed by atoms with van der Waals surface area (Å²) in [5, 5.41) is 0. The summed E-state index contributed by atoms with van der Waals surface area (Å²) in [7, 11) is 5.91. The van der Waals surface area contributed by atoms with Crippen LogP contribution in [0.15, 0.2) is 0 Å². The van der Waals surface area contributed by atoms with Crippen molar-refractivity contribution in [3.63, 3.8) is 0 Å². The van der Waals surface area contributed by atoms with E-state index in [1.807, 2.05) is 0 Å². The Morgan fingerprint density at radius 1 is 1.10 bits per heavy atom. The number of rotatable bonds is 5. The van der Waals surface area contributed by atoms with Gasteiger partial charge in [0.25, 0.3) is 5.97 Å². The predicted molar refractivity (Wildman–Crippen MR) is 43.1 cm³/mol. The highest BCUT2D eigenvalue weighted by Gasteiger charge is 2.27. The standard InChI is InChI=1S/C6H16O3Si/c1-7-6(8-2,9-3)4-5-10/h4-5H2,1-3,10H3. The van der Waals surface area contributed by atoms with Gasteiger partial charge >= 0.3 is 0 Å². The topological polar surface area (TPSA) is 27.7 Å². The molecule has 0 aliphatic rings. The maximum absolute atomic E-state index is 5.05. The van der Waals surface area contributed by atoms with E-state index in [4.69, 9.17) is 14.2 Å². The van der Waals surface area contributed by atoms with Gasteiger partial charge in [0, 0.05) is 38.0 Å². The molecule has 4 heteroatoms. The molecule has 0 aliphatic carbocycles. The summed E-state index contributed by atoms with van der Waals surface area (Å²) < 4.78 is 15.2. The van der Waals surface area contributed by atoms with Gasteiger partial charge in [0.1, 0.15) is 0 Å². The first-order valence-electron chi connectivity index (χ1n) is 3.40. The van der Waals surface area contributed by atoms with Crippen LogP contribution < -0.4 is 0 Å². The fourth-order valence-corrected chi connectivity index (χ4v) is 1.47. The SMILES string of the molecule is COC(CC[SiH3])(OC)OC. The third kappa shape index (κ3) is 2.38. The van der Waals surface area contributed by atoms with E-state index in [-0.39, 0.29) is 0 Å². The van der Waals surface area contributed by atoms with Crippen molar-refractivity contribution < 1.29 is 14.2 Å². The van der Waals surface area contributed by atoms with Gasteiger partial charge in [-0.05, 0) is 0 Å². The van der Waals surface area contributed by atoms with Crippen molar-refractivity contribution in [2.24, 2.45) is 0 Å². The molecule has 0 aliphatic heterocycles. The summed E-state index contributed by atoms with van der Waals surface area (Å²) in [5.74, 6) is -0.790. The molecule has 62 valence electrons. The molecular formula is C6H16O3Si. The Hall–Kier alpha value is 0.0969. The van der Waals surface area contributed by atoms with Crippen LogP contribution >= 0.6 is 0 Å². The second kappa shape index (κ2) is 4.84. The lowest BCUT2D eigenvalue weighted by atomic mass is 10.4. The smallest absolute Gasteiger partial charge is 0.281 e. The molecule has 0 bridgehead atoms. The third-order valence-electron chi connectivity index (χ3n) is 1.49. The molecule has 10 heavy (non-hydrogen) atoms. The maximum atomic E-state index is 5.05. The Kier molecular flexibility index (Phi) is 4.89. The molecule has 0 fully saturated rings. The van der Waals surface area contributed by atoms with Gasteiger partial charge in [-0.2, -0.15) is 0 Å². The normalized spacial score (nSPS) is 12.3. The molecular weight excluding hydrogens is 148 g/mol. The van der Waals surface area contributed by atoms with Gasteiger partial charge in [-0.25, -0.2) is 0 Å². The van der Waals surface area contributed by atoms with E-state index in [9.17, 15) is 0 Å². The lowest BCUT2D eigenvalue weighted by Gasteiger charge is -2.27. The van der Waals surface area contributed by atoms with Crippen LogP contribution in [0.25, 0.3) is 0 Å². The van der Waals surface area contributed by atoms with Crippen LogP contribution in [0.1, 0.15) is 6.42 Å². The molecule has 0 saturated heterocycles. The van der Waals surface area contributed by atoms with Crippen molar-refractivity contribution in [1.29, 1.82) is 0 Å². The van der Waals surface area contributed by atoms with E-state index in [1.165, 1.54) is 0 Å². The first-order valence-corrected chi connectivity index (χ1v) is 4.81. The molecule has 0 N–H and O–H groups in total. The molecule has 3 nitrogen and oxygen atoms in total. The fraction of sp³-hybridized carbons (Fsp3) is 1.00. The largest absolute Gasteiger partial charge is 0.331 e. The zero-order valence-corrected chi connectivity index (χ0v) is 9.14. The predicted octanol–water partition coefficient (Wildman–Crippen LogP) is -0.247. The first-order chi connectivity index (χ1) is 4.74. The van der Waals surface area contributed by atoms with Gasteiger partial charge in [-0.15, -0.1) is 0 Å². The summed E-state index contributed by atoms with van der Waals surface area (Å²) >= 11 is 0. The van der Waals surface area contributed by atoms with E-state index in [1.54, 1.807) is 21.3 Å². The van der Waals surface area contributed by atoms with Crippen LogP contribution in [0.4, 0.5) is 0 Å². The molecule has 0 unspecified atom stereocenters. The Labute approximate surface area is 65.1 Å². The average molecular weight is 164 g/mol. The minimum atomic E-state index is -0.790. The molecule has 0 atom stereocenters. The van der Waals surface area contributed by atoms with E-state index >= 15 is 0 Å². The zero-order valence-electron chi connectivity index (χ0n) is 7.14. The van der Waals surface area contributed by atoms with Crippen LogP contribution in [0.2, 0.25) is 6.04 Å². The van der Waals surface area contributed by atoms with Crippen molar-refractivity contribution in [1.82, 2.24) is 0 Å². The maximum Gasteiger partial charge on any atom is 0.281 e. The first kappa shape index (κ1) is 10.1. The monoisotopic (exact) mass is 164 g/mol. The molecule has 0 heterocycles. The molecule has 0 aromatic rings. The Balaban J connectivity index is 3.87. The highest BCUT2D eigenvalue weighted by molar-refractivity contribution is 6.08. The van der Waals surface area contributed by atoms with Gasteiger partial charge in [-0.3, -0.25) is 0 Å². The Morgan fingerprint density at radius 3 is 1.60 bits per heavy atom. The van der Waals surface area contributed by atoms with Crippen molar-refractivity contribution in [2.75, 3.05) is 21.3 Å². The summed E-state index contributed by atoms with van der Waals surface area (Å²) in [6, 6.07) is 1.11. The number of hydrogen-bond acceptors (Lipinski definition) is 3. The van der Waals surface area contributed by atoms with Crippen LogP contribution in [-0.2, 0) is 14.2 Å². The molecule has 0 radical (unpaired) electrons. The zero-order chi connectivity index (χ0) is 8.04. The quantitative estimate of drug-likeness (QED) is 0.414. The van der Waals surface area contributed by atoms with Gasteiger partial charge < -0.3 is 14.2 Å². The summed E-state index contributed by atoms with van der Waals surface area (Å²) in [5.41, 5.74) is 0. The van der Waals surface area contributed by atoms with Crippen molar-refractivity contribution in [3.05, 3.63) is 0 Å².